The summed E-state index contributed by atoms with van der Waals surface area (Å²) in [4.78, 5) is 0. The first-order valence-electron chi connectivity index (χ1n) is 7.22. The van der Waals surface area contributed by atoms with Gasteiger partial charge in [-0.05, 0) is 55.8 Å². The van der Waals surface area contributed by atoms with Gasteiger partial charge in [-0.3, -0.25) is 0 Å². The maximum atomic E-state index is 13.1. The van der Waals surface area contributed by atoms with Crippen molar-refractivity contribution in [1.29, 1.82) is 0 Å². The number of piperidine rings is 1. The third-order valence-electron chi connectivity index (χ3n) is 4.51. The zero-order valence-corrected chi connectivity index (χ0v) is 11.3. The van der Waals surface area contributed by atoms with Gasteiger partial charge in [-0.2, -0.15) is 13.2 Å². The minimum Gasteiger partial charge on any atom is -0.384 e. The van der Waals surface area contributed by atoms with Gasteiger partial charge in [-0.15, -0.1) is 0 Å². The summed E-state index contributed by atoms with van der Waals surface area (Å²) in [6.45, 7) is 2.58. The highest BCUT2D eigenvalue weighted by atomic mass is 19.4. The van der Waals surface area contributed by atoms with Crippen LogP contribution in [0.2, 0.25) is 0 Å². The number of fused-ring (bicyclic) bond motifs is 1. The van der Waals surface area contributed by atoms with Gasteiger partial charge in [0.05, 0.1) is 5.56 Å². The van der Waals surface area contributed by atoms with Crippen LogP contribution in [-0.2, 0) is 6.18 Å². The highest BCUT2D eigenvalue weighted by molar-refractivity contribution is 5.61. The van der Waals surface area contributed by atoms with Gasteiger partial charge in [-0.25, -0.2) is 0 Å². The smallest absolute Gasteiger partial charge is 0.384 e. The Kier molecular flexibility index (Phi) is 3.63. The molecule has 0 aliphatic carbocycles. The van der Waals surface area contributed by atoms with E-state index in [0.29, 0.717) is 18.2 Å². The van der Waals surface area contributed by atoms with Crippen molar-refractivity contribution in [1.82, 2.24) is 5.32 Å². The third kappa shape index (κ3) is 2.51. The zero-order valence-electron chi connectivity index (χ0n) is 11.3. The molecule has 2 N–H and O–H groups in total. The van der Waals surface area contributed by atoms with E-state index in [-0.39, 0.29) is 5.92 Å². The van der Waals surface area contributed by atoms with Crippen LogP contribution in [0.25, 0.3) is 0 Å². The van der Waals surface area contributed by atoms with Gasteiger partial charge in [-0.1, -0.05) is 12.1 Å². The number of hydrogen-bond acceptors (Lipinski definition) is 2. The van der Waals surface area contributed by atoms with Crippen LogP contribution in [-0.4, -0.2) is 19.6 Å². The molecule has 1 aromatic carbocycles. The molecule has 1 aromatic rings. The Bertz CT molecular complexity index is 478. The molecule has 0 amide bonds. The molecule has 1 unspecified atom stereocenters. The van der Waals surface area contributed by atoms with E-state index in [9.17, 15) is 13.2 Å². The SMILES string of the molecule is FC(F)(F)c1cccc2c1NCCC2C1CCNCC1. The quantitative estimate of drug-likeness (QED) is 0.823. The second-order valence-electron chi connectivity index (χ2n) is 5.68. The molecule has 2 aliphatic heterocycles. The number of alkyl halides is 3. The maximum Gasteiger partial charge on any atom is 0.418 e. The Morgan fingerprint density at radius 2 is 1.75 bits per heavy atom. The van der Waals surface area contributed by atoms with E-state index in [4.69, 9.17) is 0 Å². The van der Waals surface area contributed by atoms with Crippen molar-refractivity contribution in [2.45, 2.75) is 31.4 Å². The summed E-state index contributed by atoms with van der Waals surface area (Å²) in [5, 5.41) is 6.29. The van der Waals surface area contributed by atoms with Crippen molar-refractivity contribution in [2.75, 3.05) is 25.0 Å². The van der Waals surface area contributed by atoms with E-state index in [1.54, 1.807) is 6.07 Å². The second kappa shape index (κ2) is 5.28. The molecule has 1 atom stereocenters. The lowest BCUT2D eigenvalue weighted by Gasteiger charge is -2.36. The summed E-state index contributed by atoms with van der Waals surface area (Å²) >= 11 is 0. The number of benzene rings is 1. The van der Waals surface area contributed by atoms with Crippen LogP contribution < -0.4 is 10.6 Å². The van der Waals surface area contributed by atoms with Crippen LogP contribution in [0.3, 0.4) is 0 Å². The molecule has 5 heteroatoms. The molecule has 110 valence electrons. The maximum absolute atomic E-state index is 13.1. The molecule has 2 nitrogen and oxygen atoms in total. The summed E-state index contributed by atoms with van der Waals surface area (Å²) in [5.41, 5.74) is 0.654. The van der Waals surface area contributed by atoms with Gasteiger partial charge in [0.1, 0.15) is 0 Å². The molecule has 0 radical (unpaired) electrons. The molecular formula is C15H19F3N2. The average Bonchev–Trinajstić information content (AvgIpc) is 2.46. The zero-order chi connectivity index (χ0) is 14.2. The predicted molar refractivity (Wildman–Crippen MR) is 72.9 cm³/mol. The highest BCUT2D eigenvalue weighted by Gasteiger charge is 2.37. The Labute approximate surface area is 116 Å². The summed E-state index contributed by atoms with van der Waals surface area (Å²) in [5.74, 6) is 0.760. The number of hydrogen-bond donors (Lipinski definition) is 2. The molecule has 0 aromatic heterocycles. The van der Waals surface area contributed by atoms with E-state index >= 15 is 0 Å². The lowest BCUT2D eigenvalue weighted by molar-refractivity contribution is -0.137. The summed E-state index contributed by atoms with van der Waals surface area (Å²) < 4.78 is 39.3. The fourth-order valence-electron chi connectivity index (χ4n) is 3.56. The fourth-order valence-corrected chi connectivity index (χ4v) is 3.56. The van der Waals surface area contributed by atoms with E-state index < -0.39 is 11.7 Å². The molecule has 0 spiro atoms. The summed E-state index contributed by atoms with van der Waals surface area (Å²) in [6.07, 6.45) is -1.24. The number of halogens is 3. The lowest BCUT2D eigenvalue weighted by atomic mass is 9.76. The van der Waals surface area contributed by atoms with E-state index in [2.05, 4.69) is 10.6 Å². The number of anilines is 1. The van der Waals surface area contributed by atoms with Crippen LogP contribution in [0.15, 0.2) is 18.2 Å². The Morgan fingerprint density at radius 1 is 1.00 bits per heavy atom. The molecule has 1 fully saturated rings. The molecule has 0 saturated carbocycles. The standard InChI is InChI=1S/C15H19F3N2/c16-15(17,18)13-3-1-2-12-11(6-9-20-14(12)13)10-4-7-19-8-5-10/h1-3,10-11,19-20H,4-9H2. The fraction of sp³-hybridized carbons (Fsp3) is 0.600. The molecule has 2 heterocycles. The normalized spacial score (nSPS) is 24.1. The first-order valence-corrected chi connectivity index (χ1v) is 7.22. The molecule has 0 bridgehead atoms. The van der Waals surface area contributed by atoms with Crippen LogP contribution in [0.4, 0.5) is 18.9 Å². The van der Waals surface area contributed by atoms with Crippen LogP contribution in [0.1, 0.15) is 36.3 Å². The molecular weight excluding hydrogens is 265 g/mol. The number of para-hydroxylation sites is 1. The Morgan fingerprint density at radius 3 is 2.45 bits per heavy atom. The minimum atomic E-state index is -4.28. The van der Waals surface area contributed by atoms with E-state index in [1.165, 1.54) is 6.07 Å². The first-order chi connectivity index (χ1) is 9.57. The van der Waals surface area contributed by atoms with Crippen molar-refractivity contribution in [3.8, 4) is 0 Å². The van der Waals surface area contributed by atoms with Crippen molar-refractivity contribution >= 4 is 5.69 Å². The predicted octanol–water partition coefficient (Wildman–Crippen LogP) is 3.60. The van der Waals surface area contributed by atoms with Crippen molar-refractivity contribution in [2.24, 2.45) is 5.92 Å². The van der Waals surface area contributed by atoms with Crippen molar-refractivity contribution in [3.05, 3.63) is 29.3 Å². The molecule has 3 rings (SSSR count). The molecule has 1 saturated heterocycles. The molecule has 2 aliphatic rings. The average molecular weight is 284 g/mol. The number of rotatable bonds is 1. The van der Waals surface area contributed by atoms with Gasteiger partial charge in [0.15, 0.2) is 0 Å². The lowest BCUT2D eigenvalue weighted by Crippen LogP contribution is -2.33. The Balaban J connectivity index is 1.96. The van der Waals surface area contributed by atoms with Crippen LogP contribution in [0, 0.1) is 5.92 Å². The topological polar surface area (TPSA) is 24.1 Å². The second-order valence-corrected chi connectivity index (χ2v) is 5.68. The van der Waals surface area contributed by atoms with Crippen molar-refractivity contribution < 1.29 is 13.2 Å². The van der Waals surface area contributed by atoms with E-state index in [1.807, 2.05) is 6.07 Å². The molecule has 20 heavy (non-hydrogen) atoms. The largest absolute Gasteiger partial charge is 0.418 e. The van der Waals surface area contributed by atoms with Gasteiger partial charge in [0.2, 0.25) is 0 Å². The van der Waals surface area contributed by atoms with E-state index in [0.717, 1.165) is 37.9 Å². The van der Waals surface area contributed by atoms with Gasteiger partial charge >= 0.3 is 6.18 Å². The van der Waals surface area contributed by atoms with Crippen molar-refractivity contribution in [3.63, 3.8) is 0 Å². The van der Waals surface area contributed by atoms with Crippen LogP contribution >= 0.6 is 0 Å². The summed E-state index contributed by atoms with van der Waals surface area (Å²) in [6, 6.07) is 4.59. The van der Waals surface area contributed by atoms with Crippen LogP contribution in [0.5, 0.6) is 0 Å². The first kappa shape index (κ1) is 13.7. The minimum absolute atomic E-state index is 0.260. The number of nitrogens with one attached hydrogen (secondary N) is 2. The summed E-state index contributed by atoms with van der Waals surface area (Å²) in [7, 11) is 0. The van der Waals surface area contributed by atoms with Gasteiger partial charge in [0.25, 0.3) is 0 Å². The van der Waals surface area contributed by atoms with Gasteiger partial charge in [0, 0.05) is 12.2 Å². The monoisotopic (exact) mass is 284 g/mol. The van der Waals surface area contributed by atoms with Gasteiger partial charge < -0.3 is 10.6 Å². The third-order valence-corrected chi connectivity index (χ3v) is 4.51. The Hall–Kier alpha value is -1.23. The highest BCUT2D eigenvalue weighted by Crippen LogP contribution is 2.45.